The highest BCUT2D eigenvalue weighted by Crippen LogP contribution is 2.22. The number of aromatic nitrogens is 1. The van der Waals surface area contributed by atoms with Crippen molar-refractivity contribution in [1.82, 2.24) is 15.6 Å². The zero-order chi connectivity index (χ0) is 20.4. The summed E-state index contributed by atoms with van der Waals surface area (Å²) in [5.41, 5.74) is 2.30. The second-order valence-corrected chi connectivity index (χ2v) is 7.74. The fraction of sp³-hybridized carbons (Fsp3) is 0.545. The van der Waals surface area contributed by atoms with Gasteiger partial charge in [0, 0.05) is 18.6 Å². The van der Waals surface area contributed by atoms with Gasteiger partial charge in [-0.1, -0.05) is 52.0 Å². The zero-order valence-corrected chi connectivity index (χ0v) is 17.8. The van der Waals surface area contributed by atoms with E-state index in [2.05, 4.69) is 55.4 Å². The first-order chi connectivity index (χ1) is 13.4. The van der Waals surface area contributed by atoms with E-state index in [1.165, 1.54) is 11.1 Å². The third kappa shape index (κ3) is 7.00. The molecule has 0 spiro atoms. The van der Waals surface area contributed by atoms with Gasteiger partial charge in [-0.05, 0) is 24.5 Å². The fourth-order valence-electron chi connectivity index (χ4n) is 2.58. The van der Waals surface area contributed by atoms with Gasteiger partial charge in [0.15, 0.2) is 5.96 Å². The lowest BCUT2D eigenvalue weighted by Gasteiger charge is -2.13. The lowest BCUT2D eigenvalue weighted by molar-refractivity contribution is 0.121. The first-order valence-corrected chi connectivity index (χ1v) is 10.1. The highest BCUT2D eigenvalue weighted by Gasteiger charge is 2.19. The van der Waals surface area contributed by atoms with E-state index in [1.807, 2.05) is 19.1 Å². The monoisotopic (exact) mass is 386 g/mol. The molecule has 1 aromatic heterocycles. The smallest absolute Gasteiger partial charge is 0.213 e. The van der Waals surface area contributed by atoms with E-state index in [9.17, 15) is 0 Å². The second-order valence-electron chi connectivity index (χ2n) is 7.74. The number of nitrogens with one attached hydrogen (secondary N) is 2. The minimum Gasteiger partial charge on any atom is -0.443 e. The van der Waals surface area contributed by atoms with Crippen molar-refractivity contribution >= 4 is 5.96 Å². The highest BCUT2D eigenvalue weighted by molar-refractivity contribution is 5.79. The number of nitrogens with zero attached hydrogens (tertiary/aromatic N) is 2. The van der Waals surface area contributed by atoms with Gasteiger partial charge < -0.3 is 19.8 Å². The van der Waals surface area contributed by atoms with Gasteiger partial charge in [0.05, 0.1) is 25.9 Å². The SMILES string of the molecule is CCCOCc1ccccc1CN=C(NCC)NCc1ncc(C(C)(C)C)o1. The van der Waals surface area contributed by atoms with Crippen LogP contribution in [-0.4, -0.2) is 24.1 Å². The molecule has 0 atom stereocenters. The normalized spacial score (nSPS) is 12.2. The Balaban J connectivity index is 2.00. The van der Waals surface area contributed by atoms with Crippen LogP contribution in [0.5, 0.6) is 0 Å². The van der Waals surface area contributed by atoms with Crippen LogP contribution in [0.2, 0.25) is 0 Å². The third-order valence-corrected chi connectivity index (χ3v) is 4.18. The number of ether oxygens (including phenoxy) is 1. The Bertz CT molecular complexity index is 747. The molecule has 0 bridgehead atoms. The number of aliphatic imine (C=N–C) groups is 1. The maximum atomic E-state index is 5.84. The van der Waals surface area contributed by atoms with E-state index in [0.717, 1.165) is 31.3 Å². The van der Waals surface area contributed by atoms with E-state index in [4.69, 9.17) is 14.1 Å². The van der Waals surface area contributed by atoms with Crippen molar-refractivity contribution in [3.05, 3.63) is 53.2 Å². The summed E-state index contributed by atoms with van der Waals surface area (Å²) in [6.07, 6.45) is 2.82. The van der Waals surface area contributed by atoms with Gasteiger partial charge in [0.2, 0.25) is 5.89 Å². The number of benzene rings is 1. The molecule has 0 aliphatic carbocycles. The molecular formula is C22H34N4O2. The van der Waals surface area contributed by atoms with Crippen molar-refractivity contribution in [3.63, 3.8) is 0 Å². The van der Waals surface area contributed by atoms with Gasteiger partial charge >= 0.3 is 0 Å². The second kappa shape index (κ2) is 10.9. The van der Waals surface area contributed by atoms with E-state index < -0.39 is 0 Å². The Labute approximate surface area is 168 Å². The highest BCUT2D eigenvalue weighted by atomic mass is 16.5. The average molecular weight is 387 g/mol. The molecule has 0 saturated carbocycles. The molecule has 0 amide bonds. The van der Waals surface area contributed by atoms with Gasteiger partial charge in [-0.15, -0.1) is 0 Å². The van der Waals surface area contributed by atoms with Gasteiger partial charge in [0.25, 0.3) is 0 Å². The Kier molecular flexibility index (Phi) is 8.51. The van der Waals surface area contributed by atoms with Crippen LogP contribution in [-0.2, 0) is 29.8 Å². The zero-order valence-electron chi connectivity index (χ0n) is 17.8. The minimum absolute atomic E-state index is 0.0482. The molecule has 1 aromatic carbocycles. The van der Waals surface area contributed by atoms with Crippen LogP contribution in [0.15, 0.2) is 39.9 Å². The summed E-state index contributed by atoms with van der Waals surface area (Å²) in [4.78, 5) is 9.07. The van der Waals surface area contributed by atoms with Crippen LogP contribution >= 0.6 is 0 Å². The summed E-state index contributed by atoms with van der Waals surface area (Å²) in [7, 11) is 0. The van der Waals surface area contributed by atoms with Crippen LogP contribution in [0.25, 0.3) is 0 Å². The molecule has 2 aromatic rings. The Morgan fingerprint density at radius 2 is 1.89 bits per heavy atom. The molecule has 2 N–H and O–H groups in total. The summed E-state index contributed by atoms with van der Waals surface area (Å²) in [6, 6.07) is 8.27. The van der Waals surface area contributed by atoms with E-state index >= 15 is 0 Å². The number of hydrogen-bond donors (Lipinski definition) is 2. The quantitative estimate of drug-likeness (QED) is 0.385. The molecule has 0 saturated heterocycles. The Morgan fingerprint density at radius 3 is 2.54 bits per heavy atom. The predicted octanol–water partition coefficient (Wildman–Crippen LogP) is 4.15. The molecule has 1 heterocycles. The molecule has 6 nitrogen and oxygen atoms in total. The van der Waals surface area contributed by atoms with Crippen molar-refractivity contribution < 1.29 is 9.15 Å². The Morgan fingerprint density at radius 1 is 1.14 bits per heavy atom. The van der Waals surface area contributed by atoms with E-state index in [1.54, 1.807) is 6.20 Å². The van der Waals surface area contributed by atoms with Crippen molar-refractivity contribution in [3.8, 4) is 0 Å². The summed E-state index contributed by atoms with van der Waals surface area (Å²) in [5.74, 6) is 2.28. The summed E-state index contributed by atoms with van der Waals surface area (Å²) in [5, 5.41) is 6.57. The predicted molar refractivity (Wildman–Crippen MR) is 113 cm³/mol. The number of oxazole rings is 1. The molecule has 0 aliphatic rings. The van der Waals surface area contributed by atoms with Crippen LogP contribution in [0.3, 0.4) is 0 Å². The molecule has 0 fully saturated rings. The van der Waals surface area contributed by atoms with Crippen molar-refractivity contribution in [2.75, 3.05) is 13.2 Å². The molecular weight excluding hydrogens is 352 g/mol. The van der Waals surface area contributed by atoms with Gasteiger partial charge in [0.1, 0.15) is 5.76 Å². The molecule has 2 rings (SSSR count). The standard InChI is InChI=1S/C22H34N4O2/c1-6-12-27-16-18-11-9-8-10-17(18)13-25-21(23-7-2)26-15-20-24-14-19(28-20)22(3,4)5/h8-11,14H,6-7,12-13,15-16H2,1-5H3,(H2,23,25,26). The average Bonchev–Trinajstić information content (AvgIpc) is 3.15. The Hall–Kier alpha value is -2.34. The number of hydrogen-bond acceptors (Lipinski definition) is 4. The maximum absolute atomic E-state index is 5.84. The van der Waals surface area contributed by atoms with Crippen LogP contribution < -0.4 is 10.6 Å². The van der Waals surface area contributed by atoms with Crippen LogP contribution in [0.1, 0.15) is 63.8 Å². The van der Waals surface area contributed by atoms with Crippen molar-refractivity contribution in [2.24, 2.45) is 4.99 Å². The van der Waals surface area contributed by atoms with Gasteiger partial charge in [-0.25, -0.2) is 9.98 Å². The van der Waals surface area contributed by atoms with Gasteiger partial charge in [-0.3, -0.25) is 0 Å². The maximum Gasteiger partial charge on any atom is 0.213 e. The van der Waals surface area contributed by atoms with E-state index in [-0.39, 0.29) is 5.41 Å². The molecule has 0 aliphatic heterocycles. The van der Waals surface area contributed by atoms with Gasteiger partial charge in [-0.2, -0.15) is 0 Å². The molecule has 0 unspecified atom stereocenters. The summed E-state index contributed by atoms with van der Waals surface area (Å²) < 4.78 is 11.5. The third-order valence-electron chi connectivity index (χ3n) is 4.18. The first-order valence-electron chi connectivity index (χ1n) is 10.1. The molecule has 154 valence electrons. The summed E-state index contributed by atoms with van der Waals surface area (Å²) >= 11 is 0. The van der Waals surface area contributed by atoms with Crippen molar-refractivity contribution in [2.45, 2.75) is 66.2 Å². The van der Waals surface area contributed by atoms with Crippen LogP contribution in [0, 0.1) is 0 Å². The molecule has 28 heavy (non-hydrogen) atoms. The number of guanidine groups is 1. The number of rotatable bonds is 9. The fourth-order valence-corrected chi connectivity index (χ4v) is 2.58. The summed E-state index contributed by atoms with van der Waals surface area (Å²) in [6.45, 7) is 13.7. The van der Waals surface area contributed by atoms with E-state index in [0.29, 0.717) is 25.6 Å². The first kappa shape index (κ1) is 22.0. The molecule has 6 heteroatoms. The van der Waals surface area contributed by atoms with Crippen molar-refractivity contribution in [1.29, 1.82) is 0 Å². The lowest BCUT2D eigenvalue weighted by atomic mass is 9.94. The minimum atomic E-state index is -0.0482. The van der Waals surface area contributed by atoms with Crippen LogP contribution in [0.4, 0.5) is 0 Å². The molecule has 0 radical (unpaired) electrons. The largest absolute Gasteiger partial charge is 0.443 e. The lowest BCUT2D eigenvalue weighted by Crippen LogP contribution is -2.36. The topological polar surface area (TPSA) is 71.7 Å².